The summed E-state index contributed by atoms with van der Waals surface area (Å²) in [5.74, 6) is -0.320. The van der Waals surface area contributed by atoms with Gasteiger partial charge in [0, 0.05) is 6.42 Å². The van der Waals surface area contributed by atoms with Crippen molar-refractivity contribution in [3.63, 3.8) is 0 Å². The zero-order valence-corrected chi connectivity index (χ0v) is 10.5. The summed E-state index contributed by atoms with van der Waals surface area (Å²) in [5.41, 5.74) is -0.0478. The van der Waals surface area contributed by atoms with Gasteiger partial charge >= 0.3 is 6.18 Å². The minimum absolute atomic E-state index is 0.0167. The molecule has 1 heterocycles. The highest BCUT2D eigenvalue weighted by Crippen LogP contribution is 2.36. The molecule has 5 heteroatoms. The van der Waals surface area contributed by atoms with Crippen LogP contribution in [0.25, 0.3) is 0 Å². The summed E-state index contributed by atoms with van der Waals surface area (Å²) in [5, 5.41) is 2.07. The van der Waals surface area contributed by atoms with Crippen molar-refractivity contribution in [2.45, 2.75) is 58.7 Å². The van der Waals surface area contributed by atoms with Crippen LogP contribution in [-0.4, -0.2) is 18.1 Å². The van der Waals surface area contributed by atoms with Crippen molar-refractivity contribution in [3.05, 3.63) is 0 Å². The van der Waals surface area contributed by atoms with Crippen LogP contribution in [-0.2, 0) is 4.79 Å². The third-order valence-corrected chi connectivity index (χ3v) is 3.48. The highest BCUT2D eigenvalue weighted by molar-refractivity contribution is 5.76. The van der Waals surface area contributed by atoms with Gasteiger partial charge in [0.1, 0.15) is 6.04 Å². The molecule has 1 N–H and O–H groups in total. The lowest BCUT2D eigenvalue weighted by molar-refractivity contribution is -0.165. The standard InChI is InChI=1S/C12H20F3NO/c1-11(2,3)8-4-6-9(12(13,14)15)16-10(17)7-5-8/h8-9H,4-7H2,1-3H3,(H,16,17). The average molecular weight is 251 g/mol. The van der Waals surface area contributed by atoms with Crippen LogP contribution >= 0.6 is 0 Å². The monoisotopic (exact) mass is 251 g/mol. The summed E-state index contributed by atoms with van der Waals surface area (Å²) in [4.78, 5) is 11.4. The normalized spacial score (nSPS) is 28.2. The first-order valence-corrected chi connectivity index (χ1v) is 5.97. The largest absolute Gasteiger partial charge is 0.408 e. The van der Waals surface area contributed by atoms with E-state index in [0.717, 1.165) is 0 Å². The molecule has 2 atom stereocenters. The summed E-state index contributed by atoms with van der Waals surface area (Å²) in [6, 6.07) is -1.68. The van der Waals surface area contributed by atoms with Gasteiger partial charge in [0.15, 0.2) is 0 Å². The van der Waals surface area contributed by atoms with Crippen LogP contribution in [0, 0.1) is 11.3 Å². The topological polar surface area (TPSA) is 29.1 Å². The molecule has 1 rings (SSSR count). The second kappa shape index (κ2) is 4.86. The van der Waals surface area contributed by atoms with E-state index in [2.05, 4.69) is 5.32 Å². The van der Waals surface area contributed by atoms with Gasteiger partial charge in [-0.3, -0.25) is 4.79 Å². The lowest BCUT2D eigenvalue weighted by Crippen LogP contribution is -2.47. The van der Waals surface area contributed by atoms with Crippen LogP contribution in [0.1, 0.15) is 46.5 Å². The molecule has 0 saturated carbocycles. The fourth-order valence-corrected chi connectivity index (χ4v) is 2.27. The van der Waals surface area contributed by atoms with E-state index in [1.807, 2.05) is 20.8 Å². The Hall–Kier alpha value is -0.740. The molecule has 2 unspecified atom stereocenters. The minimum Gasteiger partial charge on any atom is -0.344 e. The van der Waals surface area contributed by atoms with E-state index in [1.54, 1.807) is 0 Å². The predicted octanol–water partition coefficient (Wildman–Crippen LogP) is 3.27. The Morgan fingerprint density at radius 3 is 2.18 bits per heavy atom. The Kier molecular flexibility index (Phi) is 4.10. The molecule has 0 aliphatic carbocycles. The summed E-state index contributed by atoms with van der Waals surface area (Å²) >= 11 is 0. The summed E-state index contributed by atoms with van der Waals surface area (Å²) in [7, 11) is 0. The number of hydrogen-bond acceptors (Lipinski definition) is 1. The van der Waals surface area contributed by atoms with Gasteiger partial charge in [-0.1, -0.05) is 20.8 Å². The van der Waals surface area contributed by atoms with Gasteiger partial charge in [0.2, 0.25) is 5.91 Å². The Morgan fingerprint density at radius 1 is 1.12 bits per heavy atom. The minimum atomic E-state index is -4.34. The number of nitrogens with one attached hydrogen (secondary N) is 1. The SMILES string of the molecule is CC(C)(C)C1CCC(=O)NC(C(F)(F)F)CC1. The van der Waals surface area contributed by atoms with Gasteiger partial charge in [0.25, 0.3) is 0 Å². The summed E-state index contributed by atoms with van der Waals surface area (Å²) < 4.78 is 37.9. The Morgan fingerprint density at radius 2 is 1.71 bits per heavy atom. The molecule has 1 amide bonds. The lowest BCUT2D eigenvalue weighted by Gasteiger charge is -2.34. The number of alkyl halides is 3. The second-order valence-corrected chi connectivity index (χ2v) is 5.84. The van der Waals surface area contributed by atoms with E-state index in [-0.39, 0.29) is 24.2 Å². The number of halogens is 3. The molecule has 0 radical (unpaired) electrons. The van der Waals surface area contributed by atoms with E-state index < -0.39 is 18.1 Å². The van der Waals surface area contributed by atoms with Crippen LogP contribution in [0.5, 0.6) is 0 Å². The molecule has 100 valence electrons. The number of hydrogen-bond donors (Lipinski definition) is 1. The molecule has 1 aliphatic rings. The van der Waals surface area contributed by atoms with E-state index in [0.29, 0.717) is 12.8 Å². The quantitative estimate of drug-likeness (QED) is 0.703. The predicted molar refractivity (Wildman–Crippen MR) is 59.4 cm³/mol. The van der Waals surface area contributed by atoms with Gasteiger partial charge in [0.05, 0.1) is 0 Å². The van der Waals surface area contributed by atoms with E-state index >= 15 is 0 Å². The summed E-state index contributed by atoms with van der Waals surface area (Å²) in [6.45, 7) is 6.04. The first kappa shape index (κ1) is 14.3. The molecule has 0 aromatic rings. The Balaban J connectivity index is 2.74. The fraction of sp³-hybridized carbons (Fsp3) is 0.917. The van der Waals surface area contributed by atoms with Crippen molar-refractivity contribution >= 4 is 5.91 Å². The van der Waals surface area contributed by atoms with Gasteiger partial charge in [-0.2, -0.15) is 13.2 Å². The molecule has 1 aliphatic heterocycles. The molecule has 0 aromatic carbocycles. The number of carbonyl (C=O) groups is 1. The van der Waals surface area contributed by atoms with Crippen molar-refractivity contribution in [1.82, 2.24) is 5.32 Å². The van der Waals surface area contributed by atoms with Crippen LogP contribution in [0.2, 0.25) is 0 Å². The van der Waals surface area contributed by atoms with Crippen molar-refractivity contribution in [2.75, 3.05) is 0 Å². The van der Waals surface area contributed by atoms with Crippen molar-refractivity contribution < 1.29 is 18.0 Å². The van der Waals surface area contributed by atoms with Crippen LogP contribution < -0.4 is 5.32 Å². The maximum Gasteiger partial charge on any atom is 0.408 e. The molecular formula is C12H20F3NO. The van der Waals surface area contributed by atoms with Gasteiger partial charge in [-0.05, 0) is 30.6 Å². The zero-order valence-electron chi connectivity index (χ0n) is 10.5. The van der Waals surface area contributed by atoms with Crippen LogP contribution in [0.15, 0.2) is 0 Å². The molecule has 1 fully saturated rings. The number of rotatable bonds is 0. The fourth-order valence-electron chi connectivity index (χ4n) is 2.27. The van der Waals surface area contributed by atoms with E-state index in [4.69, 9.17) is 0 Å². The first-order valence-electron chi connectivity index (χ1n) is 5.97. The summed E-state index contributed by atoms with van der Waals surface area (Å²) in [6.07, 6.45) is -2.99. The third-order valence-electron chi connectivity index (χ3n) is 3.48. The number of amides is 1. The molecule has 0 aromatic heterocycles. The van der Waals surface area contributed by atoms with Gasteiger partial charge < -0.3 is 5.32 Å². The zero-order chi connectivity index (χ0) is 13.3. The van der Waals surface area contributed by atoms with Crippen molar-refractivity contribution in [2.24, 2.45) is 11.3 Å². The molecule has 17 heavy (non-hydrogen) atoms. The van der Waals surface area contributed by atoms with Crippen LogP contribution in [0.3, 0.4) is 0 Å². The third kappa shape index (κ3) is 4.21. The Bertz CT molecular complexity index is 280. The van der Waals surface area contributed by atoms with Crippen molar-refractivity contribution in [1.29, 1.82) is 0 Å². The maximum atomic E-state index is 12.6. The van der Waals surface area contributed by atoms with Crippen molar-refractivity contribution in [3.8, 4) is 0 Å². The van der Waals surface area contributed by atoms with E-state index in [1.165, 1.54) is 0 Å². The lowest BCUT2D eigenvalue weighted by atomic mass is 9.74. The molecule has 0 spiro atoms. The smallest absolute Gasteiger partial charge is 0.344 e. The maximum absolute atomic E-state index is 12.6. The molecule has 1 saturated heterocycles. The first-order chi connectivity index (χ1) is 7.60. The van der Waals surface area contributed by atoms with Crippen LogP contribution in [0.4, 0.5) is 13.2 Å². The molecule has 2 nitrogen and oxygen atoms in total. The number of carbonyl (C=O) groups excluding carboxylic acids is 1. The van der Waals surface area contributed by atoms with Gasteiger partial charge in [-0.25, -0.2) is 0 Å². The average Bonchev–Trinajstić information content (AvgIpc) is 2.07. The van der Waals surface area contributed by atoms with E-state index in [9.17, 15) is 18.0 Å². The highest BCUT2D eigenvalue weighted by atomic mass is 19.4. The second-order valence-electron chi connectivity index (χ2n) is 5.84. The van der Waals surface area contributed by atoms with Gasteiger partial charge in [-0.15, -0.1) is 0 Å². The molecular weight excluding hydrogens is 231 g/mol. The molecule has 0 bridgehead atoms. The highest BCUT2D eigenvalue weighted by Gasteiger charge is 2.42. The Labute approximate surface area is 100.0 Å².